The number of likely N-dealkylation sites (tertiary alicyclic amines) is 1. The van der Waals surface area contributed by atoms with Gasteiger partial charge in [0.15, 0.2) is 6.61 Å². The van der Waals surface area contributed by atoms with Crippen LogP contribution >= 0.6 is 0 Å². The van der Waals surface area contributed by atoms with Crippen molar-refractivity contribution in [3.05, 3.63) is 23.9 Å². The van der Waals surface area contributed by atoms with Gasteiger partial charge in [0.05, 0.1) is 0 Å². The molecule has 0 radical (unpaired) electrons. The SMILES string of the molecule is CC1CCCN(CCNC(=O)NCc2cccnc2OCC(F)(F)F)C1. The van der Waals surface area contributed by atoms with Gasteiger partial charge in [0.25, 0.3) is 0 Å². The highest BCUT2D eigenvalue weighted by Gasteiger charge is 2.29. The van der Waals surface area contributed by atoms with Gasteiger partial charge in [-0.15, -0.1) is 0 Å². The van der Waals surface area contributed by atoms with E-state index in [9.17, 15) is 18.0 Å². The Hall–Kier alpha value is -2.03. The van der Waals surface area contributed by atoms with E-state index in [1.807, 2.05) is 0 Å². The van der Waals surface area contributed by atoms with Crippen LogP contribution in [-0.2, 0) is 6.54 Å². The van der Waals surface area contributed by atoms with E-state index in [1.165, 1.54) is 19.0 Å². The number of pyridine rings is 1. The van der Waals surface area contributed by atoms with E-state index < -0.39 is 12.8 Å². The molecule has 26 heavy (non-hydrogen) atoms. The predicted molar refractivity (Wildman–Crippen MR) is 90.9 cm³/mol. The molecule has 1 aliphatic heterocycles. The van der Waals surface area contributed by atoms with Crippen molar-refractivity contribution in [1.82, 2.24) is 20.5 Å². The number of hydrogen-bond acceptors (Lipinski definition) is 4. The number of piperidine rings is 1. The lowest BCUT2D eigenvalue weighted by atomic mass is 10.0. The van der Waals surface area contributed by atoms with Gasteiger partial charge in [0.2, 0.25) is 5.88 Å². The molecule has 6 nitrogen and oxygen atoms in total. The molecule has 1 unspecified atom stereocenters. The lowest BCUT2D eigenvalue weighted by Crippen LogP contribution is -2.42. The van der Waals surface area contributed by atoms with E-state index >= 15 is 0 Å². The zero-order chi connectivity index (χ0) is 19.0. The van der Waals surface area contributed by atoms with Crippen LogP contribution in [-0.4, -0.2) is 54.9 Å². The molecule has 1 saturated heterocycles. The molecule has 0 spiro atoms. The van der Waals surface area contributed by atoms with E-state index in [-0.39, 0.29) is 18.5 Å². The van der Waals surface area contributed by atoms with Gasteiger partial charge in [-0.1, -0.05) is 13.0 Å². The third-order valence-corrected chi connectivity index (χ3v) is 4.12. The van der Waals surface area contributed by atoms with Gasteiger partial charge in [0.1, 0.15) is 0 Å². The fourth-order valence-electron chi connectivity index (χ4n) is 2.89. The van der Waals surface area contributed by atoms with Crippen LogP contribution in [0.2, 0.25) is 0 Å². The first-order valence-corrected chi connectivity index (χ1v) is 8.71. The Kier molecular flexibility index (Phi) is 7.50. The van der Waals surface area contributed by atoms with Crippen LogP contribution in [0.5, 0.6) is 5.88 Å². The number of aromatic nitrogens is 1. The van der Waals surface area contributed by atoms with E-state index in [4.69, 9.17) is 0 Å². The highest BCUT2D eigenvalue weighted by atomic mass is 19.4. The summed E-state index contributed by atoms with van der Waals surface area (Å²) in [6.45, 7) is 4.22. The van der Waals surface area contributed by atoms with Crippen LogP contribution in [0.3, 0.4) is 0 Å². The van der Waals surface area contributed by atoms with Crippen molar-refractivity contribution in [3.8, 4) is 5.88 Å². The number of urea groups is 1. The number of nitrogens with one attached hydrogen (secondary N) is 2. The quantitative estimate of drug-likeness (QED) is 0.770. The monoisotopic (exact) mass is 374 g/mol. The van der Waals surface area contributed by atoms with Crippen molar-refractivity contribution in [2.45, 2.75) is 32.5 Å². The summed E-state index contributed by atoms with van der Waals surface area (Å²) in [5, 5.41) is 5.37. The Labute approximate surface area is 151 Å². The van der Waals surface area contributed by atoms with E-state index in [2.05, 4.69) is 32.2 Å². The first-order valence-electron chi connectivity index (χ1n) is 8.71. The Bertz CT molecular complexity index is 583. The van der Waals surface area contributed by atoms with Gasteiger partial charge in [-0.05, 0) is 31.4 Å². The summed E-state index contributed by atoms with van der Waals surface area (Å²) in [5.74, 6) is 0.547. The molecule has 0 saturated carbocycles. The van der Waals surface area contributed by atoms with Gasteiger partial charge in [0, 0.05) is 37.9 Å². The van der Waals surface area contributed by atoms with Crippen LogP contribution < -0.4 is 15.4 Å². The van der Waals surface area contributed by atoms with Crippen molar-refractivity contribution in [2.75, 3.05) is 32.8 Å². The molecule has 1 atom stereocenters. The second-order valence-electron chi connectivity index (χ2n) is 6.53. The van der Waals surface area contributed by atoms with Crippen molar-refractivity contribution >= 4 is 6.03 Å². The van der Waals surface area contributed by atoms with E-state index in [0.717, 1.165) is 19.6 Å². The molecular weight excluding hydrogens is 349 g/mol. The number of halogens is 3. The molecule has 0 bridgehead atoms. The Morgan fingerprint density at radius 1 is 1.42 bits per heavy atom. The highest BCUT2D eigenvalue weighted by molar-refractivity contribution is 5.73. The standard InChI is InChI=1S/C17H25F3N4O2/c1-13-4-3-8-24(11-13)9-7-22-16(25)23-10-14-5-2-6-21-15(14)26-12-17(18,19)20/h2,5-6,13H,3-4,7-12H2,1H3,(H2,22,23,25). The van der Waals surface area contributed by atoms with Crippen molar-refractivity contribution in [1.29, 1.82) is 0 Å². The fourth-order valence-corrected chi connectivity index (χ4v) is 2.89. The lowest BCUT2D eigenvalue weighted by molar-refractivity contribution is -0.154. The number of ether oxygens (including phenoxy) is 1. The normalized spacial score (nSPS) is 18.4. The number of amides is 2. The molecule has 0 aliphatic carbocycles. The van der Waals surface area contributed by atoms with Crippen molar-refractivity contribution in [3.63, 3.8) is 0 Å². The maximum Gasteiger partial charge on any atom is 0.422 e. The third-order valence-electron chi connectivity index (χ3n) is 4.12. The van der Waals surface area contributed by atoms with Gasteiger partial charge >= 0.3 is 12.2 Å². The summed E-state index contributed by atoms with van der Waals surface area (Å²) < 4.78 is 41.5. The predicted octanol–water partition coefficient (Wildman–Crippen LogP) is 2.55. The number of alkyl halides is 3. The summed E-state index contributed by atoms with van der Waals surface area (Å²) in [6, 6.07) is 2.77. The van der Waals surface area contributed by atoms with Crippen LogP contribution in [0.1, 0.15) is 25.3 Å². The van der Waals surface area contributed by atoms with Gasteiger partial charge in [-0.3, -0.25) is 0 Å². The lowest BCUT2D eigenvalue weighted by Gasteiger charge is -2.30. The highest BCUT2D eigenvalue weighted by Crippen LogP contribution is 2.19. The van der Waals surface area contributed by atoms with Crippen LogP contribution in [0.4, 0.5) is 18.0 Å². The Morgan fingerprint density at radius 2 is 2.23 bits per heavy atom. The van der Waals surface area contributed by atoms with Crippen molar-refractivity contribution < 1.29 is 22.7 Å². The van der Waals surface area contributed by atoms with E-state index in [1.54, 1.807) is 12.1 Å². The number of nitrogens with zero attached hydrogens (tertiary/aromatic N) is 2. The Morgan fingerprint density at radius 3 is 2.96 bits per heavy atom. The average Bonchev–Trinajstić information content (AvgIpc) is 2.58. The molecule has 9 heteroatoms. The summed E-state index contributed by atoms with van der Waals surface area (Å²) in [4.78, 5) is 18.0. The Balaban J connectivity index is 1.71. The van der Waals surface area contributed by atoms with Crippen LogP contribution in [0.15, 0.2) is 18.3 Å². The first kappa shape index (κ1) is 20.3. The molecule has 146 valence electrons. The molecule has 1 aromatic rings. The second-order valence-corrected chi connectivity index (χ2v) is 6.53. The third kappa shape index (κ3) is 7.47. The average molecular weight is 374 g/mol. The van der Waals surface area contributed by atoms with Crippen molar-refractivity contribution in [2.24, 2.45) is 5.92 Å². The smallest absolute Gasteiger partial charge is 0.422 e. The summed E-state index contributed by atoms with van der Waals surface area (Å²) in [6.07, 6.45) is -0.677. The fraction of sp³-hybridized carbons (Fsp3) is 0.647. The molecule has 2 amide bonds. The number of rotatable bonds is 7. The molecule has 1 fully saturated rings. The molecule has 1 aromatic heterocycles. The molecule has 2 rings (SSSR count). The van der Waals surface area contributed by atoms with Crippen LogP contribution in [0.25, 0.3) is 0 Å². The zero-order valence-corrected chi connectivity index (χ0v) is 14.8. The first-order chi connectivity index (χ1) is 12.3. The minimum atomic E-state index is -4.44. The topological polar surface area (TPSA) is 66.5 Å². The molecular formula is C17H25F3N4O2. The molecule has 2 N–H and O–H groups in total. The van der Waals surface area contributed by atoms with Gasteiger partial charge in [-0.2, -0.15) is 13.2 Å². The molecule has 0 aromatic carbocycles. The molecule has 2 heterocycles. The van der Waals surface area contributed by atoms with E-state index in [0.29, 0.717) is 18.0 Å². The number of hydrogen-bond donors (Lipinski definition) is 2. The zero-order valence-electron chi connectivity index (χ0n) is 14.8. The minimum Gasteiger partial charge on any atom is -0.468 e. The van der Waals surface area contributed by atoms with Gasteiger partial charge < -0.3 is 20.3 Å². The maximum absolute atomic E-state index is 12.3. The number of carbonyl (C=O) groups excluding carboxylic acids is 1. The maximum atomic E-state index is 12.3. The second kappa shape index (κ2) is 9.61. The molecule has 1 aliphatic rings. The summed E-state index contributed by atoms with van der Waals surface area (Å²) in [5.41, 5.74) is 0.386. The number of carbonyl (C=O) groups is 1. The van der Waals surface area contributed by atoms with Gasteiger partial charge in [-0.25, -0.2) is 9.78 Å². The largest absolute Gasteiger partial charge is 0.468 e. The summed E-state index contributed by atoms with van der Waals surface area (Å²) >= 11 is 0. The summed E-state index contributed by atoms with van der Waals surface area (Å²) in [7, 11) is 0. The minimum absolute atomic E-state index is 0.0353. The van der Waals surface area contributed by atoms with Crippen LogP contribution in [0, 0.1) is 5.92 Å².